The van der Waals surface area contributed by atoms with Crippen molar-refractivity contribution in [1.82, 2.24) is 4.57 Å². The molecule has 0 unspecified atom stereocenters. The van der Waals surface area contributed by atoms with E-state index in [0.29, 0.717) is 22.7 Å². The number of amides is 1. The molecular formula is C20H18N2O5. The smallest absolute Gasteiger partial charge is 0.341 e. The fourth-order valence-electron chi connectivity index (χ4n) is 3.00. The number of fused-ring (bicyclic) bond motifs is 2. The number of hydrogen-bond acceptors (Lipinski definition) is 5. The lowest BCUT2D eigenvalue weighted by Crippen LogP contribution is -2.29. The highest BCUT2D eigenvalue weighted by atomic mass is 16.7. The van der Waals surface area contributed by atoms with Crippen LogP contribution in [0.2, 0.25) is 0 Å². The van der Waals surface area contributed by atoms with Gasteiger partial charge < -0.3 is 24.1 Å². The number of aromatic nitrogens is 1. The normalized spacial score (nSPS) is 13.4. The number of rotatable bonds is 4. The van der Waals surface area contributed by atoms with Crippen LogP contribution in [0.25, 0.3) is 10.9 Å². The Bertz CT molecular complexity index is 1040. The minimum atomic E-state index is -0.957. The summed E-state index contributed by atoms with van der Waals surface area (Å²) >= 11 is 0. The van der Waals surface area contributed by atoms with Crippen molar-refractivity contribution in [2.45, 2.75) is 13.0 Å². The van der Waals surface area contributed by atoms with Gasteiger partial charge in [-0.2, -0.15) is 0 Å². The first-order chi connectivity index (χ1) is 13.0. The van der Waals surface area contributed by atoms with E-state index in [-0.39, 0.29) is 6.79 Å². The van der Waals surface area contributed by atoms with E-state index in [4.69, 9.17) is 14.2 Å². The maximum absolute atomic E-state index is 12.5. The molecule has 0 bridgehead atoms. The molecule has 0 spiro atoms. The number of aryl methyl sites for hydroxylation is 1. The third kappa shape index (κ3) is 3.19. The number of hydrogen-bond donors (Lipinski definition) is 1. The molecule has 0 radical (unpaired) electrons. The first kappa shape index (κ1) is 17.0. The SMILES string of the molecule is C[C@@H](OC(=O)c1cn(C)c2ccccc12)C(=O)Nc1ccc2c(c1)OCO2. The van der Waals surface area contributed by atoms with Crippen molar-refractivity contribution in [2.75, 3.05) is 12.1 Å². The number of esters is 1. The van der Waals surface area contributed by atoms with E-state index in [1.807, 2.05) is 35.9 Å². The summed E-state index contributed by atoms with van der Waals surface area (Å²) in [7, 11) is 1.86. The number of nitrogens with one attached hydrogen (secondary N) is 1. The van der Waals surface area contributed by atoms with E-state index in [1.54, 1.807) is 24.4 Å². The zero-order chi connectivity index (χ0) is 19.0. The zero-order valence-corrected chi connectivity index (χ0v) is 14.9. The first-order valence-corrected chi connectivity index (χ1v) is 8.48. The fraction of sp³-hybridized carbons (Fsp3) is 0.200. The average Bonchev–Trinajstić information content (AvgIpc) is 3.26. The van der Waals surface area contributed by atoms with Gasteiger partial charge in [-0.15, -0.1) is 0 Å². The van der Waals surface area contributed by atoms with Gasteiger partial charge in [0.2, 0.25) is 6.79 Å². The predicted molar refractivity (Wildman–Crippen MR) is 99.0 cm³/mol. The molecule has 27 heavy (non-hydrogen) atoms. The highest BCUT2D eigenvalue weighted by Crippen LogP contribution is 2.34. The fourth-order valence-corrected chi connectivity index (χ4v) is 3.00. The highest BCUT2D eigenvalue weighted by molar-refractivity contribution is 6.05. The van der Waals surface area contributed by atoms with Gasteiger partial charge in [-0.1, -0.05) is 18.2 Å². The van der Waals surface area contributed by atoms with Crippen LogP contribution >= 0.6 is 0 Å². The van der Waals surface area contributed by atoms with Crippen molar-refractivity contribution in [2.24, 2.45) is 7.05 Å². The van der Waals surface area contributed by atoms with E-state index in [9.17, 15) is 9.59 Å². The quantitative estimate of drug-likeness (QED) is 0.718. The van der Waals surface area contributed by atoms with Crippen molar-refractivity contribution in [1.29, 1.82) is 0 Å². The van der Waals surface area contributed by atoms with Crippen molar-refractivity contribution >= 4 is 28.5 Å². The minimum Gasteiger partial charge on any atom is -0.454 e. The molecule has 0 saturated carbocycles. The van der Waals surface area contributed by atoms with E-state index in [0.717, 1.165) is 10.9 Å². The highest BCUT2D eigenvalue weighted by Gasteiger charge is 2.22. The van der Waals surface area contributed by atoms with Crippen LogP contribution < -0.4 is 14.8 Å². The van der Waals surface area contributed by atoms with Crippen LogP contribution in [0, 0.1) is 0 Å². The van der Waals surface area contributed by atoms with E-state index >= 15 is 0 Å². The Balaban J connectivity index is 1.45. The third-order valence-electron chi connectivity index (χ3n) is 4.41. The lowest BCUT2D eigenvalue weighted by atomic mass is 10.2. The molecule has 0 aliphatic carbocycles. The van der Waals surface area contributed by atoms with Gasteiger partial charge in [-0.3, -0.25) is 4.79 Å². The Labute approximate surface area is 155 Å². The van der Waals surface area contributed by atoms with Crippen LogP contribution in [0.15, 0.2) is 48.7 Å². The second-order valence-electron chi connectivity index (χ2n) is 6.28. The molecule has 4 rings (SSSR count). The maximum atomic E-state index is 12.5. The molecule has 1 aliphatic rings. The van der Waals surface area contributed by atoms with E-state index < -0.39 is 18.0 Å². The van der Waals surface area contributed by atoms with Gasteiger partial charge in [0.05, 0.1) is 5.56 Å². The standard InChI is InChI=1S/C20H18N2O5/c1-12(19(23)21-13-7-8-17-18(9-13)26-11-25-17)27-20(24)15-10-22(2)16-6-4-3-5-14(15)16/h3-10,12H,11H2,1-2H3,(H,21,23)/t12-/m1/s1. The summed E-state index contributed by atoms with van der Waals surface area (Å²) in [5, 5.41) is 3.50. The molecule has 0 fully saturated rings. The van der Waals surface area contributed by atoms with Gasteiger partial charge in [-0.25, -0.2) is 4.79 Å². The second-order valence-corrected chi connectivity index (χ2v) is 6.28. The number of nitrogens with zero attached hydrogens (tertiary/aromatic N) is 1. The molecule has 1 N–H and O–H groups in total. The van der Waals surface area contributed by atoms with Crippen molar-refractivity contribution in [3.8, 4) is 11.5 Å². The van der Waals surface area contributed by atoms with Gasteiger partial charge in [0.25, 0.3) is 5.91 Å². The molecule has 7 heteroatoms. The number of carbonyl (C=O) groups is 2. The van der Waals surface area contributed by atoms with Crippen molar-refractivity contribution in [3.05, 3.63) is 54.2 Å². The Morgan fingerprint density at radius 3 is 2.78 bits per heavy atom. The van der Waals surface area contributed by atoms with Crippen LogP contribution in [0.4, 0.5) is 5.69 Å². The number of ether oxygens (including phenoxy) is 3. The number of anilines is 1. The summed E-state index contributed by atoms with van der Waals surface area (Å²) in [4.78, 5) is 24.9. The molecular weight excluding hydrogens is 348 g/mol. The van der Waals surface area contributed by atoms with Crippen molar-refractivity contribution in [3.63, 3.8) is 0 Å². The lowest BCUT2D eigenvalue weighted by Gasteiger charge is -2.13. The van der Waals surface area contributed by atoms with Crippen LogP contribution in [0.5, 0.6) is 11.5 Å². The molecule has 2 heterocycles. The van der Waals surface area contributed by atoms with Crippen LogP contribution in [-0.2, 0) is 16.6 Å². The number of benzene rings is 2. The van der Waals surface area contributed by atoms with Crippen LogP contribution in [-0.4, -0.2) is 29.3 Å². The predicted octanol–water partition coefficient (Wildman–Crippen LogP) is 3.09. The molecule has 7 nitrogen and oxygen atoms in total. The Hall–Kier alpha value is -3.48. The van der Waals surface area contributed by atoms with Gasteiger partial charge >= 0.3 is 5.97 Å². The van der Waals surface area contributed by atoms with Gasteiger partial charge in [0.15, 0.2) is 17.6 Å². The van der Waals surface area contributed by atoms with Gasteiger partial charge in [0.1, 0.15) is 0 Å². The zero-order valence-electron chi connectivity index (χ0n) is 14.9. The molecule has 1 amide bonds. The molecule has 1 aliphatic heterocycles. The van der Waals surface area contributed by atoms with Crippen LogP contribution in [0.3, 0.4) is 0 Å². The monoisotopic (exact) mass is 366 g/mol. The number of para-hydroxylation sites is 1. The summed E-state index contributed by atoms with van der Waals surface area (Å²) in [6.45, 7) is 1.69. The summed E-state index contributed by atoms with van der Waals surface area (Å²) in [6.07, 6.45) is 0.747. The number of carbonyl (C=O) groups excluding carboxylic acids is 2. The molecule has 1 atom stereocenters. The Kier molecular flexibility index (Phi) is 4.19. The topological polar surface area (TPSA) is 78.8 Å². The first-order valence-electron chi connectivity index (χ1n) is 8.48. The lowest BCUT2D eigenvalue weighted by molar-refractivity contribution is -0.123. The maximum Gasteiger partial charge on any atom is 0.341 e. The Morgan fingerprint density at radius 1 is 1.15 bits per heavy atom. The molecule has 1 aromatic heterocycles. The van der Waals surface area contributed by atoms with E-state index in [1.165, 1.54) is 6.92 Å². The van der Waals surface area contributed by atoms with E-state index in [2.05, 4.69) is 5.32 Å². The van der Waals surface area contributed by atoms with Crippen molar-refractivity contribution < 1.29 is 23.8 Å². The molecule has 3 aromatic rings. The van der Waals surface area contributed by atoms with Gasteiger partial charge in [-0.05, 0) is 25.1 Å². The average molecular weight is 366 g/mol. The molecule has 2 aromatic carbocycles. The molecule has 138 valence electrons. The largest absolute Gasteiger partial charge is 0.454 e. The third-order valence-corrected chi connectivity index (χ3v) is 4.41. The Morgan fingerprint density at radius 2 is 1.93 bits per heavy atom. The summed E-state index contributed by atoms with van der Waals surface area (Å²) in [5.41, 5.74) is 1.88. The van der Waals surface area contributed by atoms with Gasteiger partial charge in [0, 0.05) is 35.9 Å². The summed E-state index contributed by atoms with van der Waals surface area (Å²) in [5.74, 6) is 0.222. The van der Waals surface area contributed by atoms with Crippen LogP contribution in [0.1, 0.15) is 17.3 Å². The second kappa shape index (κ2) is 6.68. The minimum absolute atomic E-state index is 0.159. The molecule has 0 saturated heterocycles. The summed E-state index contributed by atoms with van der Waals surface area (Å²) < 4.78 is 17.7. The summed E-state index contributed by atoms with van der Waals surface area (Å²) in [6, 6.07) is 12.6.